The maximum atomic E-state index is 9.50. The van der Waals surface area contributed by atoms with Crippen LogP contribution in [0.25, 0.3) is 0 Å². The van der Waals surface area contributed by atoms with E-state index in [9.17, 15) is 5.11 Å². The molecule has 1 unspecified atom stereocenters. The summed E-state index contributed by atoms with van der Waals surface area (Å²) >= 11 is 5.74. The Bertz CT molecular complexity index is 283. The van der Waals surface area contributed by atoms with E-state index in [1.165, 1.54) is 6.20 Å². The van der Waals surface area contributed by atoms with Crippen molar-refractivity contribution in [2.24, 2.45) is 7.05 Å². The molecule has 1 atom stereocenters. The van der Waals surface area contributed by atoms with Crippen molar-refractivity contribution >= 4 is 11.6 Å². The van der Waals surface area contributed by atoms with Gasteiger partial charge in [-0.2, -0.15) is 0 Å². The van der Waals surface area contributed by atoms with Gasteiger partial charge in [0.05, 0.1) is 6.20 Å². The number of aliphatic hydroxyl groups is 1. The molecule has 1 N–H and O–H groups in total. The number of nitrogens with zero attached hydrogens (tertiary/aromatic N) is 2. The summed E-state index contributed by atoms with van der Waals surface area (Å²) in [4.78, 5) is 3.97. The summed E-state index contributed by atoms with van der Waals surface area (Å²) in [6.07, 6.45) is 3.04. The van der Waals surface area contributed by atoms with E-state index < -0.39 is 6.10 Å². The van der Waals surface area contributed by atoms with Crippen LogP contribution in [0.1, 0.15) is 18.3 Å². The maximum absolute atomic E-state index is 9.50. The second kappa shape index (κ2) is 3.74. The molecule has 0 aliphatic rings. The van der Waals surface area contributed by atoms with Gasteiger partial charge in [-0.25, -0.2) is 4.98 Å². The minimum absolute atomic E-state index is 0.487. The fourth-order valence-corrected chi connectivity index (χ4v) is 1.11. The van der Waals surface area contributed by atoms with E-state index in [1.807, 2.05) is 0 Å². The summed E-state index contributed by atoms with van der Waals surface area (Å²) < 4.78 is 1.65. The highest BCUT2D eigenvalue weighted by atomic mass is 35.5. The van der Waals surface area contributed by atoms with Crippen LogP contribution in [-0.2, 0) is 7.05 Å². The Morgan fingerprint density at radius 2 is 2.58 bits per heavy atom. The van der Waals surface area contributed by atoms with Crippen LogP contribution in [0.4, 0.5) is 0 Å². The molecule has 1 aromatic heterocycles. The highest BCUT2D eigenvalue weighted by Gasteiger charge is 2.12. The van der Waals surface area contributed by atoms with Crippen LogP contribution in [0.2, 0.25) is 5.15 Å². The Balaban J connectivity index is 2.87. The molecule has 0 amide bonds. The van der Waals surface area contributed by atoms with Gasteiger partial charge in [0.15, 0.2) is 0 Å². The van der Waals surface area contributed by atoms with E-state index in [4.69, 9.17) is 11.6 Å². The Hall–Kier alpha value is -0.800. The number of aromatic nitrogens is 2. The summed E-state index contributed by atoms with van der Waals surface area (Å²) in [5.74, 6) is 0.569. The van der Waals surface area contributed by atoms with Crippen molar-refractivity contribution in [1.82, 2.24) is 9.55 Å². The van der Waals surface area contributed by atoms with E-state index in [0.717, 1.165) is 0 Å². The number of hydrogen-bond donors (Lipinski definition) is 1. The molecular formula is C8H11ClN2O. The van der Waals surface area contributed by atoms with Crippen molar-refractivity contribution in [2.45, 2.75) is 12.5 Å². The number of imidazole rings is 1. The quantitative estimate of drug-likeness (QED) is 0.730. The third-order valence-corrected chi connectivity index (χ3v) is 2.01. The fourth-order valence-electron chi connectivity index (χ4n) is 0.975. The van der Waals surface area contributed by atoms with Gasteiger partial charge in [0, 0.05) is 7.05 Å². The molecule has 0 aliphatic heterocycles. The second-order valence-electron chi connectivity index (χ2n) is 2.54. The molecule has 0 aliphatic carbocycles. The Morgan fingerprint density at radius 1 is 1.92 bits per heavy atom. The molecule has 1 aromatic rings. The molecule has 1 rings (SSSR count). The van der Waals surface area contributed by atoms with E-state index >= 15 is 0 Å². The van der Waals surface area contributed by atoms with Crippen LogP contribution < -0.4 is 0 Å². The minimum atomic E-state index is -0.611. The molecule has 0 aromatic carbocycles. The SMILES string of the molecule is C=CCC(O)c1ncc(Cl)n1C. The lowest BCUT2D eigenvalue weighted by molar-refractivity contribution is 0.168. The third-order valence-electron chi connectivity index (χ3n) is 1.66. The zero-order chi connectivity index (χ0) is 9.14. The average molecular weight is 187 g/mol. The highest BCUT2D eigenvalue weighted by Crippen LogP contribution is 2.18. The summed E-state index contributed by atoms with van der Waals surface area (Å²) in [7, 11) is 1.76. The van der Waals surface area contributed by atoms with Gasteiger partial charge >= 0.3 is 0 Å². The third kappa shape index (κ3) is 1.68. The first-order chi connectivity index (χ1) is 5.66. The first kappa shape index (κ1) is 9.29. The molecule has 0 saturated heterocycles. The van der Waals surface area contributed by atoms with E-state index in [-0.39, 0.29) is 0 Å². The second-order valence-corrected chi connectivity index (χ2v) is 2.93. The van der Waals surface area contributed by atoms with Crippen LogP contribution in [-0.4, -0.2) is 14.7 Å². The van der Waals surface area contributed by atoms with Crippen molar-refractivity contribution in [3.8, 4) is 0 Å². The van der Waals surface area contributed by atoms with Crippen LogP contribution in [0.15, 0.2) is 18.9 Å². The molecule has 0 fully saturated rings. The summed E-state index contributed by atoms with van der Waals surface area (Å²) in [5, 5.41) is 10.0. The fraction of sp³-hybridized carbons (Fsp3) is 0.375. The smallest absolute Gasteiger partial charge is 0.138 e. The minimum Gasteiger partial charge on any atom is -0.385 e. The van der Waals surface area contributed by atoms with Crippen molar-refractivity contribution in [2.75, 3.05) is 0 Å². The van der Waals surface area contributed by atoms with Crippen LogP contribution in [0.3, 0.4) is 0 Å². The maximum Gasteiger partial charge on any atom is 0.138 e. The number of rotatable bonds is 3. The zero-order valence-corrected chi connectivity index (χ0v) is 7.62. The average Bonchev–Trinajstić information content (AvgIpc) is 2.34. The number of hydrogen-bond acceptors (Lipinski definition) is 2. The lowest BCUT2D eigenvalue weighted by atomic mass is 10.2. The van der Waals surface area contributed by atoms with Crippen molar-refractivity contribution in [3.05, 3.63) is 29.8 Å². The van der Waals surface area contributed by atoms with Gasteiger partial charge < -0.3 is 9.67 Å². The van der Waals surface area contributed by atoms with Crippen molar-refractivity contribution in [3.63, 3.8) is 0 Å². The predicted molar refractivity (Wildman–Crippen MR) is 48.0 cm³/mol. The molecular weight excluding hydrogens is 176 g/mol. The summed E-state index contributed by atoms with van der Waals surface area (Å²) in [6.45, 7) is 3.53. The summed E-state index contributed by atoms with van der Waals surface area (Å²) in [6, 6.07) is 0. The van der Waals surface area contributed by atoms with E-state index in [0.29, 0.717) is 17.4 Å². The van der Waals surface area contributed by atoms with Crippen LogP contribution >= 0.6 is 11.6 Å². The molecule has 4 heteroatoms. The Labute approximate surface area is 76.3 Å². The molecule has 12 heavy (non-hydrogen) atoms. The topological polar surface area (TPSA) is 38.1 Å². The molecule has 0 spiro atoms. The molecule has 66 valence electrons. The van der Waals surface area contributed by atoms with Gasteiger partial charge in [-0.15, -0.1) is 6.58 Å². The summed E-state index contributed by atoms with van der Waals surface area (Å²) in [5.41, 5.74) is 0. The Morgan fingerprint density at radius 3 is 3.00 bits per heavy atom. The largest absolute Gasteiger partial charge is 0.385 e. The van der Waals surface area contributed by atoms with Gasteiger partial charge in [0.2, 0.25) is 0 Å². The first-order valence-corrected chi connectivity index (χ1v) is 4.00. The van der Waals surface area contributed by atoms with Gasteiger partial charge in [0.25, 0.3) is 0 Å². The Kier molecular flexibility index (Phi) is 2.89. The molecule has 0 radical (unpaired) electrons. The van der Waals surface area contributed by atoms with Gasteiger partial charge in [-0.3, -0.25) is 0 Å². The highest BCUT2D eigenvalue weighted by molar-refractivity contribution is 6.29. The lowest BCUT2D eigenvalue weighted by Gasteiger charge is -2.07. The predicted octanol–water partition coefficient (Wildman–Crippen LogP) is 1.68. The van der Waals surface area contributed by atoms with E-state index in [2.05, 4.69) is 11.6 Å². The van der Waals surface area contributed by atoms with Gasteiger partial charge in [0.1, 0.15) is 17.1 Å². The molecule has 1 heterocycles. The number of aliphatic hydroxyl groups excluding tert-OH is 1. The monoisotopic (exact) mass is 186 g/mol. The molecule has 0 bridgehead atoms. The molecule has 3 nitrogen and oxygen atoms in total. The van der Waals surface area contributed by atoms with Crippen LogP contribution in [0.5, 0.6) is 0 Å². The lowest BCUT2D eigenvalue weighted by Crippen LogP contribution is -2.04. The van der Waals surface area contributed by atoms with Crippen molar-refractivity contribution in [1.29, 1.82) is 0 Å². The van der Waals surface area contributed by atoms with Crippen molar-refractivity contribution < 1.29 is 5.11 Å². The van der Waals surface area contributed by atoms with Gasteiger partial charge in [-0.05, 0) is 6.42 Å². The zero-order valence-electron chi connectivity index (χ0n) is 6.87. The van der Waals surface area contributed by atoms with Crippen LogP contribution in [0, 0.1) is 0 Å². The first-order valence-electron chi connectivity index (χ1n) is 3.63. The normalized spacial score (nSPS) is 12.9. The van der Waals surface area contributed by atoms with Gasteiger partial charge in [-0.1, -0.05) is 17.7 Å². The van der Waals surface area contributed by atoms with E-state index in [1.54, 1.807) is 17.7 Å². The molecule has 0 saturated carbocycles. The number of halogens is 1. The standard InChI is InChI=1S/C8H11ClN2O/c1-3-4-6(12)8-10-5-7(9)11(8)2/h3,5-6,12H,1,4H2,2H3.